The Morgan fingerprint density at radius 2 is 2.24 bits per heavy atom. The fourth-order valence-electron chi connectivity index (χ4n) is 2.81. The average Bonchev–Trinajstić information content (AvgIpc) is 3.04. The third kappa shape index (κ3) is 3.24. The van der Waals surface area contributed by atoms with Crippen molar-refractivity contribution >= 4 is 5.91 Å². The predicted octanol–water partition coefficient (Wildman–Crippen LogP) is 2.17. The summed E-state index contributed by atoms with van der Waals surface area (Å²) in [6.07, 6.45) is 10.1. The molecule has 21 heavy (non-hydrogen) atoms. The second-order valence-electron chi connectivity index (χ2n) is 5.24. The van der Waals surface area contributed by atoms with Gasteiger partial charge in [0.15, 0.2) is 0 Å². The van der Waals surface area contributed by atoms with E-state index in [1.54, 1.807) is 18.7 Å². The third-order valence-electron chi connectivity index (χ3n) is 3.87. The number of likely N-dealkylation sites (tertiary alicyclic amines) is 1. The highest BCUT2D eigenvalue weighted by Gasteiger charge is 2.30. The third-order valence-corrected chi connectivity index (χ3v) is 3.87. The van der Waals surface area contributed by atoms with Crippen LogP contribution < -0.4 is 0 Å². The van der Waals surface area contributed by atoms with Crippen molar-refractivity contribution in [2.24, 2.45) is 0 Å². The first-order chi connectivity index (χ1) is 10.3. The van der Waals surface area contributed by atoms with E-state index in [0.29, 0.717) is 6.42 Å². The van der Waals surface area contributed by atoms with Crippen LogP contribution in [0.2, 0.25) is 0 Å². The summed E-state index contributed by atoms with van der Waals surface area (Å²) in [7, 11) is 0. The first-order valence-corrected chi connectivity index (χ1v) is 7.29. The van der Waals surface area contributed by atoms with Gasteiger partial charge in [-0.3, -0.25) is 9.78 Å². The van der Waals surface area contributed by atoms with E-state index in [2.05, 4.69) is 15.0 Å². The van der Waals surface area contributed by atoms with Gasteiger partial charge in [0, 0.05) is 31.6 Å². The van der Waals surface area contributed by atoms with Crippen LogP contribution in [0.5, 0.6) is 0 Å². The zero-order valence-corrected chi connectivity index (χ0v) is 11.9. The highest BCUT2D eigenvalue weighted by molar-refractivity contribution is 5.77. The summed E-state index contributed by atoms with van der Waals surface area (Å²) in [5.41, 5.74) is 2.04. The van der Waals surface area contributed by atoms with E-state index in [-0.39, 0.29) is 11.9 Å². The van der Waals surface area contributed by atoms with E-state index in [4.69, 9.17) is 0 Å². The molecule has 2 aromatic heterocycles. The molecule has 0 N–H and O–H groups in total. The summed E-state index contributed by atoms with van der Waals surface area (Å²) in [5.74, 6) is 0.194. The minimum Gasteiger partial charge on any atom is -0.334 e. The molecule has 1 amide bonds. The Morgan fingerprint density at radius 1 is 1.29 bits per heavy atom. The van der Waals surface area contributed by atoms with Crippen LogP contribution in [0.25, 0.3) is 0 Å². The topological polar surface area (TPSA) is 59.0 Å². The Bertz CT molecular complexity index is 588. The molecule has 0 unspecified atom stereocenters. The molecule has 1 saturated heterocycles. The number of aromatic nitrogens is 3. The molecule has 1 aliphatic rings. The minimum atomic E-state index is 0.106. The van der Waals surface area contributed by atoms with E-state index in [0.717, 1.165) is 37.1 Å². The lowest BCUT2D eigenvalue weighted by molar-refractivity contribution is -0.132. The van der Waals surface area contributed by atoms with Gasteiger partial charge in [-0.05, 0) is 37.0 Å². The molecule has 1 fully saturated rings. The molecule has 0 spiro atoms. The van der Waals surface area contributed by atoms with Crippen molar-refractivity contribution in [1.29, 1.82) is 0 Å². The number of hydrogen-bond acceptors (Lipinski definition) is 4. The van der Waals surface area contributed by atoms with Crippen molar-refractivity contribution in [3.8, 4) is 0 Å². The van der Waals surface area contributed by atoms with E-state index >= 15 is 0 Å². The summed E-state index contributed by atoms with van der Waals surface area (Å²) in [6.45, 7) is 0.820. The summed E-state index contributed by atoms with van der Waals surface area (Å²) in [4.78, 5) is 26.7. The quantitative estimate of drug-likeness (QED) is 0.862. The number of rotatable bonds is 4. The highest BCUT2D eigenvalue weighted by Crippen LogP contribution is 2.31. The van der Waals surface area contributed by atoms with Gasteiger partial charge >= 0.3 is 0 Å². The molecular formula is C16H18N4O. The molecule has 3 rings (SSSR count). The molecule has 0 aromatic carbocycles. The van der Waals surface area contributed by atoms with E-state index in [9.17, 15) is 4.79 Å². The smallest absolute Gasteiger partial charge is 0.223 e. The Morgan fingerprint density at radius 3 is 3.00 bits per heavy atom. The number of carbonyl (C=O) groups excluding carboxylic acids is 1. The van der Waals surface area contributed by atoms with Crippen molar-refractivity contribution < 1.29 is 4.79 Å². The molecule has 1 atom stereocenters. The molecule has 108 valence electrons. The van der Waals surface area contributed by atoms with Crippen molar-refractivity contribution in [2.75, 3.05) is 6.54 Å². The second-order valence-corrected chi connectivity index (χ2v) is 5.24. The van der Waals surface area contributed by atoms with Gasteiger partial charge in [-0.1, -0.05) is 6.07 Å². The lowest BCUT2D eigenvalue weighted by atomic mass is 10.1. The number of carbonyl (C=O) groups is 1. The van der Waals surface area contributed by atoms with Crippen LogP contribution >= 0.6 is 0 Å². The number of amides is 1. The van der Waals surface area contributed by atoms with E-state index < -0.39 is 0 Å². The van der Waals surface area contributed by atoms with Crippen LogP contribution in [0.15, 0.2) is 43.1 Å². The maximum Gasteiger partial charge on any atom is 0.223 e. The SMILES string of the molecule is O=C(CCc1cccnc1)N1CCC[C@@H]1c1ccncn1. The van der Waals surface area contributed by atoms with Gasteiger partial charge < -0.3 is 4.90 Å². The monoisotopic (exact) mass is 282 g/mol. The number of hydrogen-bond donors (Lipinski definition) is 0. The Hall–Kier alpha value is -2.30. The summed E-state index contributed by atoms with van der Waals surface area (Å²) in [5, 5.41) is 0. The van der Waals surface area contributed by atoms with Crippen molar-refractivity contribution in [3.63, 3.8) is 0 Å². The summed E-state index contributed by atoms with van der Waals surface area (Å²) >= 11 is 0. The van der Waals surface area contributed by atoms with Crippen LogP contribution in [0.3, 0.4) is 0 Å². The Balaban J connectivity index is 1.64. The molecule has 0 aliphatic carbocycles. The minimum absolute atomic E-state index is 0.106. The van der Waals surface area contributed by atoms with E-state index in [1.807, 2.05) is 29.3 Å². The van der Waals surface area contributed by atoms with Gasteiger partial charge in [0.25, 0.3) is 0 Å². The highest BCUT2D eigenvalue weighted by atomic mass is 16.2. The second kappa shape index (κ2) is 6.43. The maximum atomic E-state index is 12.5. The number of nitrogens with zero attached hydrogens (tertiary/aromatic N) is 4. The predicted molar refractivity (Wildman–Crippen MR) is 78.3 cm³/mol. The summed E-state index contributed by atoms with van der Waals surface area (Å²) < 4.78 is 0. The number of aryl methyl sites for hydroxylation is 1. The molecule has 0 saturated carbocycles. The van der Waals surface area contributed by atoms with Gasteiger partial charge in [0.05, 0.1) is 11.7 Å². The van der Waals surface area contributed by atoms with Gasteiger partial charge in [0.2, 0.25) is 5.91 Å². The Kier molecular flexibility index (Phi) is 4.19. The standard InChI is InChI=1S/C16H18N4O/c21-16(6-5-13-3-1-8-17-11-13)20-10-2-4-15(20)14-7-9-18-12-19-14/h1,3,7-9,11-12,15H,2,4-6,10H2/t15-/m1/s1. The lowest BCUT2D eigenvalue weighted by Crippen LogP contribution is -2.31. The zero-order valence-electron chi connectivity index (χ0n) is 11.9. The largest absolute Gasteiger partial charge is 0.334 e. The molecule has 2 aromatic rings. The molecule has 3 heterocycles. The fraction of sp³-hybridized carbons (Fsp3) is 0.375. The lowest BCUT2D eigenvalue weighted by Gasteiger charge is -2.24. The van der Waals surface area contributed by atoms with Crippen LogP contribution in [0, 0.1) is 0 Å². The van der Waals surface area contributed by atoms with Crippen molar-refractivity contribution in [2.45, 2.75) is 31.7 Å². The van der Waals surface area contributed by atoms with Crippen LogP contribution in [0.4, 0.5) is 0 Å². The first kappa shape index (κ1) is 13.7. The van der Waals surface area contributed by atoms with E-state index in [1.165, 1.54) is 0 Å². The van der Waals surface area contributed by atoms with Crippen molar-refractivity contribution in [3.05, 3.63) is 54.4 Å². The average molecular weight is 282 g/mol. The van der Waals surface area contributed by atoms with Gasteiger partial charge in [-0.15, -0.1) is 0 Å². The number of pyridine rings is 1. The molecule has 1 aliphatic heterocycles. The van der Waals surface area contributed by atoms with Crippen molar-refractivity contribution in [1.82, 2.24) is 19.9 Å². The first-order valence-electron chi connectivity index (χ1n) is 7.29. The molecular weight excluding hydrogens is 264 g/mol. The van der Waals surface area contributed by atoms with Crippen LogP contribution in [0.1, 0.15) is 36.6 Å². The molecule has 0 bridgehead atoms. The Labute approximate surface area is 124 Å². The van der Waals surface area contributed by atoms with Gasteiger partial charge in [-0.2, -0.15) is 0 Å². The molecule has 5 nitrogen and oxygen atoms in total. The van der Waals surface area contributed by atoms with Gasteiger partial charge in [-0.25, -0.2) is 9.97 Å². The van der Waals surface area contributed by atoms with Gasteiger partial charge in [0.1, 0.15) is 6.33 Å². The zero-order chi connectivity index (χ0) is 14.5. The fourth-order valence-corrected chi connectivity index (χ4v) is 2.81. The summed E-state index contributed by atoms with van der Waals surface area (Å²) in [6, 6.07) is 5.91. The van der Waals surface area contributed by atoms with Crippen LogP contribution in [-0.2, 0) is 11.2 Å². The normalized spacial score (nSPS) is 17.9. The molecule has 0 radical (unpaired) electrons. The molecule has 5 heteroatoms. The maximum absolute atomic E-state index is 12.5. The van der Waals surface area contributed by atoms with Crippen LogP contribution in [-0.4, -0.2) is 32.3 Å².